The number of aromatic nitrogens is 2. The third-order valence-electron chi connectivity index (χ3n) is 7.55. The van der Waals surface area contributed by atoms with Crippen LogP contribution in [-0.4, -0.2) is 83.9 Å². The first kappa shape index (κ1) is 28.3. The zero-order valence-electron chi connectivity index (χ0n) is 22.4. The van der Waals surface area contributed by atoms with Crippen molar-refractivity contribution >= 4 is 22.0 Å². The fourth-order valence-electron chi connectivity index (χ4n) is 5.12. The number of nitrogens with one attached hydrogen (secondary N) is 1. The van der Waals surface area contributed by atoms with Crippen molar-refractivity contribution in [2.45, 2.75) is 69.4 Å². The number of benzene rings is 1. The van der Waals surface area contributed by atoms with Crippen molar-refractivity contribution in [3.8, 4) is 5.75 Å². The number of ether oxygens (including phenoxy) is 1. The number of aromatic amines is 1. The van der Waals surface area contributed by atoms with Crippen LogP contribution in [0.4, 0.5) is 0 Å². The normalized spacial score (nSPS) is 20.6. The summed E-state index contributed by atoms with van der Waals surface area (Å²) in [6, 6.07) is 8.31. The van der Waals surface area contributed by atoms with Crippen molar-refractivity contribution in [1.82, 2.24) is 9.55 Å². The first-order chi connectivity index (χ1) is 18.9. The maximum atomic E-state index is 12.5. The highest BCUT2D eigenvalue weighted by Gasteiger charge is 2.47. The number of H-pyrrole nitrogens is 1. The van der Waals surface area contributed by atoms with Gasteiger partial charge in [0.25, 0.3) is 0 Å². The van der Waals surface area contributed by atoms with Gasteiger partial charge in [0.05, 0.1) is 29.6 Å². The van der Waals surface area contributed by atoms with Gasteiger partial charge in [-0.1, -0.05) is 0 Å². The summed E-state index contributed by atoms with van der Waals surface area (Å²) in [4.78, 5) is 26.5. The second-order valence-corrected chi connectivity index (χ2v) is 10.9. The smallest absolute Gasteiger partial charge is 0.192 e. The molecule has 12 heteroatoms. The van der Waals surface area contributed by atoms with E-state index in [2.05, 4.69) is 4.98 Å². The average molecular weight is 559 g/mol. The molecule has 0 amide bonds. The molecular weight excluding hydrogens is 524 g/mol. The predicted molar refractivity (Wildman–Crippen MR) is 143 cm³/mol. The second kappa shape index (κ2) is 10.6. The Balaban J connectivity index is 1.32. The molecule has 12 nitrogen and oxygen atoms in total. The molecule has 0 bridgehead atoms. The number of aliphatic hydroxyl groups excluding tert-OH is 4. The molecule has 0 aliphatic carbocycles. The van der Waals surface area contributed by atoms with Gasteiger partial charge in [0.1, 0.15) is 59.3 Å². The molecule has 1 aliphatic heterocycles. The van der Waals surface area contributed by atoms with Crippen LogP contribution in [0.3, 0.4) is 0 Å². The molecule has 3 aromatic heterocycles. The quantitative estimate of drug-likeness (QED) is 0.121. The number of hydrogen-bond acceptors (Lipinski definition) is 10. The molecule has 6 N–H and O–H groups in total. The Kier molecular flexibility index (Phi) is 7.52. The largest absolute Gasteiger partial charge is 0.485 e. The molecule has 0 radical (unpaired) electrons. The van der Waals surface area contributed by atoms with Crippen LogP contribution in [-0.2, 0) is 22.7 Å². The molecule has 0 fully saturated rings. The molecule has 4 aromatic rings. The van der Waals surface area contributed by atoms with E-state index >= 15 is 0 Å². The van der Waals surface area contributed by atoms with Crippen molar-refractivity contribution in [3.63, 3.8) is 0 Å². The van der Waals surface area contributed by atoms with Gasteiger partial charge in [-0.25, -0.2) is 9.78 Å². The zero-order chi connectivity index (χ0) is 28.8. The van der Waals surface area contributed by atoms with Crippen molar-refractivity contribution in [3.05, 3.63) is 64.3 Å². The summed E-state index contributed by atoms with van der Waals surface area (Å²) < 4.78 is 13.4. The van der Waals surface area contributed by atoms with Crippen molar-refractivity contribution in [2.75, 3.05) is 13.2 Å². The molecule has 5 atom stereocenters. The van der Waals surface area contributed by atoms with Gasteiger partial charge in [-0.2, -0.15) is 0 Å². The van der Waals surface area contributed by atoms with Gasteiger partial charge in [-0.15, -0.1) is 0 Å². The van der Waals surface area contributed by atoms with Crippen LogP contribution in [0.25, 0.3) is 22.0 Å². The van der Waals surface area contributed by atoms with Gasteiger partial charge in [-0.3, -0.25) is 4.79 Å². The highest BCUT2D eigenvalue weighted by atomic mass is 17.2. The second-order valence-electron chi connectivity index (χ2n) is 10.9. The zero-order valence-corrected chi connectivity index (χ0v) is 22.4. The average Bonchev–Trinajstić information content (AvgIpc) is 3.52. The van der Waals surface area contributed by atoms with Gasteiger partial charge in [0.2, 0.25) is 0 Å². The molecule has 216 valence electrons. The Morgan fingerprint density at radius 2 is 2.00 bits per heavy atom. The van der Waals surface area contributed by atoms with Crippen LogP contribution in [0, 0.1) is 6.92 Å². The first-order valence-corrected chi connectivity index (χ1v) is 13.0. The Morgan fingerprint density at radius 3 is 2.75 bits per heavy atom. The molecule has 0 saturated carbocycles. The minimum atomic E-state index is -2.33. The fourth-order valence-corrected chi connectivity index (χ4v) is 5.12. The first-order valence-electron chi connectivity index (χ1n) is 13.0. The van der Waals surface area contributed by atoms with E-state index in [-0.39, 0.29) is 12.0 Å². The summed E-state index contributed by atoms with van der Waals surface area (Å²) in [6.07, 6.45) is -2.39. The predicted octanol–water partition coefficient (Wildman–Crippen LogP) is 0.921. The van der Waals surface area contributed by atoms with Gasteiger partial charge < -0.3 is 44.2 Å². The molecule has 40 heavy (non-hydrogen) atoms. The lowest BCUT2D eigenvalue weighted by Gasteiger charge is -2.40. The SMILES string of the molecule is Cc1cc(=O)c2cc3c(cc2o1)OC(C)(C)[C@H](OOC[C@H](O)[C@](O)(Cn1ccc2[nH]ccc21)[C@H](O)[C@H](O)CO)C3. The summed E-state index contributed by atoms with van der Waals surface area (Å²) in [6.45, 7) is 3.55. The summed E-state index contributed by atoms with van der Waals surface area (Å²) in [5, 5.41) is 53.0. The number of rotatable bonds is 10. The Morgan fingerprint density at radius 1 is 1.23 bits per heavy atom. The molecule has 5 rings (SSSR count). The molecular formula is C28H34N2O10. The summed E-state index contributed by atoms with van der Waals surface area (Å²) >= 11 is 0. The lowest BCUT2D eigenvalue weighted by Crippen LogP contribution is -2.61. The lowest BCUT2D eigenvalue weighted by atomic mass is 9.87. The molecule has 1 aliphatic rings. The van der Waals surface area contributed by atoms with Crippen molar-refractivity contribution in [1.29, 1.82) is 0 Å². The van der Waals surface area contributed by atoms with Gasteiger partial charge in [-0.05, 0) is 44.5 Å². The minimum absolute atomic E-state index is 0.175. The Labute approximate surface area is 228 Å². The summed E-state index contributed by atoms with van der Waals surface area (Å²) in [7, 11) is 0. The van der Waals surface area contributed by atoms with Crippen LogP contribution in [0.1, 0.15) is 25.2 Å². The Bertz CT molecular complexity index is 1560. The molecule has 0 saturated heterocycles. The molecule has 1 aromatic carbocycles. The molecule has 0 spiro atoms. The summed E-state index contributed by atoms with van der Waals surface area (Å²) in [5.74, 6) is 1.04. The maximum absolute atomic E-state index is 12.5. The van der Waals surface area contributed by atoms with Crippen LogP contribution in [0.2, 0.25) is 0 Å². The molecule has 4 heterocycles. The van der Waals surface area contributed by atoms with E-state index in [9.17, 15) is 30.3 Å². The Hall–Kier alpha value is -3.23. The highest BCUT2D eigenvalue weighted by Crippen LogP contribution is 2.37. The number of nitrogens with zero attached hydrogens (tertiary/aromatic N) is 1. The lowest BCUT2D eigenvalue weighted by molar-refractivity contribution is -0.363. The van der Waals surface area contributed by atoms with Gasteiger partial charge in [0.15, 0.2) is 5.43 Å². The van der Waals surface area contributed by atoms with Crippen LogP contribution < -0.4 is 10.2 Å². The number of fused-ring (bicyclic) bond motifs is 3. The topological polar surface area (TPSA) is 180 Å². The van der Waals surface area contributed by atoms with E-state index < -0.39 is 48.8 Å². The molecule has 0 unspecified atom stereocenters. The third kappa shape index (κ3) is 5.15. The van der Waals surface area contributed by atoms with Gasteiger partial charge >= 0.3 is 0 Å². The van der Waals surface area contributed by atoms with E-state index in [4.69, 9.17) is 18.9 Å². The van der Waals surface area contributed by atoms with E-state index in [1.54, 1.807) is 62.0 Å². The monoisotopic (exact) mass is 558 g/mol. The third-order valence-corrected chi connectivity index (χ3v) is 7.55. The van der Waals surface area contributed by atoms with Crippen LogP contribution in [0.15, 0.2) is 51.9 Å². The van der Waals surface area contributed by atoms with E-state index in [0.717, 1.165) is 5.52 Å². The van der Waals surface area contributed by atoms with Crippen LogP contribution in [0.5, 0.6) is 5.75 Å². The number of aryl methyl sites for hydroxylation is 1. The summed E-state index contributed by atoms with van der Waals surface area (Å²) in [5.41, 5.74) is -0.793. The minimum Gasteiger partial charge on any atom is -0.485 e. The fraction of sp³-hybridized carbons (Fsp3) is 0.464. The van der Waals surface area contributed by atoms with Gasteiger partial charge in [0, 0.05) is 30.9 Å². The van der Waals surface area contributed by atoms with E-state index in [0.29, 0.717) is 40.0 Å². The number of hydrogen-bond donors (Lipinski definition) is 6. The maximum Gasteiger partial charge on any atom is 0.192 e. The van der Waals surface area contributed by atoms with E-state index in [1.165, 1.54) is 6.07 Å². The van der Waals surface area contributed by atoms with Crippen molar-refractivity contribution in [2.24, 2.45) is 0 Å². The van der Waals surface area contributed by atoms with Crippen molar-refractivity contribution < 1.29 is 44.5 Å². The van der Waals surface area contributed by atoms with Crippen LogP contribution >= 0.6 is 0 Å². The number of aliphatic hydroxyl groups is 5. The standard InChI is InChI=1S/C28H34N2O10/c1-15-8-20(32)17-9-16-10-25(27(2,3)39-22(16)11-23(17)38-15)40-37-13-24(34)28(36,26(35)21(33)12-31)14-30-7-5-18-19(30)4-6-29-18/h4-9,11,21,24-26,29,31,33-36H,10,12-14H2,1-3H3/t21-,24+,25-,26-,28-/m1/s1. The van der Waals surface area contributed by atoms with E-state index in [1.807, 2.05) is 0 Å². The highest BCUT2D eigenvalue weighted by molar-refractivity contribution is 5.80.